The lowest BCUT2D eigenvalue weighted by Crippen LogP contribution is -2.35. The van der Waals surface area contributed by atoms with Crippen molar-refractivity contribution in [2.24, 2.45) is 0 Å². The molecular formula is C26H22ClN3O4. The van der Waals surface area contributed by atoms with Crippen molar-refractivity contribution in [2.45, 2.75) is 20.0 Å². The molecule has 0 spiro atoms. The topological polar surface area (TPSA) is 83.7 Å². The lowest BCUT2D eigenvalue weighted by molar-refractivity contribution is 0.174. The Kier molecular flexibility index (Phi) is 5.86. The zero-order valence-corrected chi connectivity index (χ0v) is 19.2. The second kappa shape index (κ2) is 9.11. The van der Waals surface area contributed by atoms with Gasteiger partial charge in [0.2, 0.25) is 6.79 Å². The van der Waals surface area contributed by atoms with Crippen molar-refractivity contribution >= 4 is 34.2 Å². The molecule has 2 heterocycles. The van der Waals surface area contributed by atoms with Crippen LogP contribution in [0.3, 0.4) is 0 Å². The van der Waals surface area contributed by atoms with E-state index in [0.717, 1.165) is 22.0 Å². The highest BCUT2D eigenvalue weighted by Gasteiger charge is 2.20. The molecule has 0 saturated carbocycles. The van der Waals surface area contributed by atoms with Gasteiger partial charge in [0.25, 0.3) is 5.56 Å². The average molecular weight is 476 g/mol. The van der Waals surface area contributed by atoms with Crippen LogP contribution in [0.4, 0.5) is 10.5 Å². The van der Waals surface area contributed by atoms with Crippen molar-refractivity contribution < 1.29 is 14.3 Å². The molecular weight excluding hydrogens is 454 g/mol. The lowest BCUT2D eigenvalue weighted by Gasteiger charge is -2.23. The van der Waals surface area contributed by atoms with E-state index in [9.17, 15) is 9.59 Å². The summed E-state index contributed by atoms with van der Waals surface area (Å²) in [6.07, 6.45) is 0. The van der Waals surface area contributed by atoms with Crippen LogP contribution in [0, 0.1) is 6.92 Å². The molecule has 0 bridgehead atoms. The molecule has 0 atom stereocenters. The number of hydrogen-bond acceptors (Lipinski definition) is 4. The molecule has 0 aliphatic carbocycles. The predicted octanol–water partition coefficient (Wildman–Crippen LogP) is 5.45. The van der Waals surface area contributed by atoms with Gasteiger partial charge < -0.3 is 24.7 Å². The Morgan fingerprint density at radius 3 is 2.62 bits per heavy atom. The van der Waals surface area contributed by atoms with E-state index in [1.807, 2.05) is 49.4 Å². The molecule has 5 rings (SSSR count). The number of carbonyl (C=O) groups excluding carboxylic acids is 1. The number of aryl methyl sites for hydroxylation is 1. The number of carbonyl (C=O) groups is 1. The maximum Gasteiger partial charge on any atom is 0.322 e. The number of nitrogens with one attached hydrogen (secondary N) is 2. The van der Waals surface area contributed by atoms with Gasteiger partial charge >= 0.3 is 6.03 Å². The monoisotopic (exact) mass is 475 g/mol. The van der Waals surface area contributed by atoms with Crippen LogP contribution in [-0.4, -0.2) is 22.7 Å². The van der Waals surface area contributed by atoms with E-state index in [-0.39, 0.29) is 31.5 Å². The van der Waals surface area contributed by atoms with Gasteiger partial charge in [0.05, 0.1) is 6.54 Å². The first kappa shape index (κ1) is 21.9. The number of benzene rings is 3. The number of amides is 2. The van der Waals surface area contributed by atoms with Crippen molar-refractivity contribution in [3.05, 3.63) is 98.8 Å². The number of nitrogens with zero attached hydrogens (tertiary/aromatic N) is 1. The van der Waals surface area contributed by atoms with Crippen molar-refractivity contribution in [3.63, 3.8) is 0 Å². The minimum Gasteiger partial charge on any atom is -0.454 e. The molecule has 4 aromatic rings. The van der Waals surface area contributed by atoms with E-state index >= 15 is 0 Å². The molecule has 1 aromatic heterocycles. The number of halogens is 1. The number of fused-ring (bicyclic) bond motifs is 2. The Balaban J connectivity index is 1.46. The Labute approximate surface area is 200 Å². The first-order valence-electron chi connectivity index (χ1n) is 10.8. The summed E-state index contributed by atoms with van der Waals surface area (Å²) in [4.78, 5) is 30.6. The molecule has 7 nitrogen and oxygen atoms in total. The Bertz CT molecular complexity index is 1430. The molecule has 3 aromatic carbocycles. The second-order valence-electron chi connectivity index (χ2n) is 8.20. The zero-order valence-electron chi connectivity index (χ0n) is 18.4. The molecule has 1 aliphatic heterocycles. The van der Waals surface area contributed by atoms with Gasteiger partial charge in [0, 0.05) is 28.3 Å². The van der Waals surface area contributed by atoms with Gasteiger partial charge in [-0.2, -0.15) is 0 Å². The summed E-state index contributed by atoms with van der Waals surface area (Å²) in [6.45, 7) is 2.55. The summed E-state index contributed by atoms with van der Waals surface area (Å²) in [6, 6.07) is 19.7. The maximum absolute atomic E-state index is 13.3. The van der Waals surface area contributed by atoms with Crippen molar-refractivity contribution in [2.75, 3.05) is 12.1 Å². The van der Waals surface area contributed by atoms with Crippen LogP contribution < -0.4 is 20.3 Å². The number of anilines is 1. The highest BCUT2D eigenvalue weighted by molar-refractivity contribution is 6.30. The van der Waals surface area contributed by atoms with Crippen LogP contribution >= 0.6 is 11.6 Å². The van der Waals surface area contributed by atoms with Gasteiger partial charge in [-0.05, 0) is 72.5 Å². The summed E-state index contributed by atoms with van der Waals surface area (Å²) in [7, 11) is 0. The number of ether oxygens (including phenoxy) is 2. The fourth-order valence-corrected chi connectivity index (χ4v) is 4.02. The quantitative estimate of drug-likeness (QED) is 0.402. The number of pyridine rings is 1. The summed E-state index contributed by atoms with van der Waals surface area (Å²) in [5, 5.41) is 4.38. The highest BCUT2D eigenvalue weighted by atomic mass is 35.5. The fraction of sp³-hybridized carbons (Fsp3) is 0.154. The van der Waals surface area contributed by atoms with E-state index in [4.69, 9.17) is 21.1 Å². The van der Waals surface area contributed by atoms with Crippen LogP contribution in [0.2, 0.25) is 5.02 Å². The van der Waals surface area contributed by atoms with Crippen LogP contribution in [0.15, 0.2) is 71.5 Å². The largest absolute Gasteiger partial charge is 0.454 e. The predicted molar refractivity (Wildman–Crippen MR) is 132 cm³/mol. The van der Waals surface area contributed by atoms with E-state index in [1.165, 1.54) is 0 Å². The van der Waals surface area contributed by atoms with Gasteiger partial charge in [-0.15, -0.1) is 0 Å². The Morgan fingerprint density at radius 2 is 1.79 bits per heavy atom. The van der Waals surface area contributed by atoms with Gasteiger partial charge in [-0.3, -0.25) is 4.79 Å². The first-order chi connectivity index (χ1) is 16.4. The normalized spacial score (nSPS) is 12.1. The third-order valence-corrected chi connectivity index (χ3v) is 5.88. The molecule has 2 amide bonds. The van der Waals surface area contributed by atoms with E-state index in [1.54, 1.807) is 29.2 Å². The highest BCUT2D eigenvalue weighted by Crippen LogP contribution is 2.33. The summed E-state index contributed by atoms with van der Waals surface area (Å²) in [5.74, 6) is 1.30. The number of H-pyrrole nitrogens is 1. The SMILES string of the molecule is Cc1ccc2[nH]c(=O)c(CN(Cc3ccc4c(c3)OCO4)C(=O)Nc3ccc(Cl)cc3)cc2c1. The average Bonchev–Trinajstić information content (AvgIpc) is 3.29. The standard InChI is InChI=1S/C26H22ClN3O4/c1-16-2-8-22-18(10-16)12-19(25(31)29-22)14-30(26(32)28-21-6-4-20(27)5-7-21)13-17-3-9-23-24(11-17)34-15-33-23/h2-12H,13-15H2,1H3,(H,28,32)(H,29,31). The number of aromatic amines is 1. The van der Waals surface area contributed by atoms with Gasteiger partial charge in [0.15, 0.2) is 11.5 Å². The third-order valence-electron chi connectivity index (χ3n) is 5.63. The van der Waals surface area contributed by atoms with Gasteiger partial charge in [0.1, 0.15) is 0 Å². The molecule has 1 aliphatic rings. The molecule has 8 heteroatoms. The second-order valence-corrected chi connectivity index (χ2v) is 8.63. The van der Waals surface area contributed by atoms with Gasteiger partial charge in [-0.25, -0.2) is 4.79 Å². The number of aromatic nitrogens is 1. The van der Waals surface area contributed by atoms with Crippen LogP contribution in [0.1, 0.15) is 16.7 Å². The van der Waals surface area contributed by atoms with E-state index in [2.05, 4.69) is 10.3 Å². The molecule has 34 heavy (non-hydrogen) atoms. The molecule has 0 unspecified atom stereocenters. The third kappa shape index (κ3) is 4.70. The van der Waals surface area contributed by atoms with Crippen molar-refractivity contribution in [3.8, 4) is 11.5 Å². The molecule has 0 radical (unpaired) electrons. The Hall–Kier alpha value is -3.97. The number of rotatable bonds is 5. The van der Waals surface area contributed by atoms with Crippen LogP contribution in [-0.2, 0) is 13.1 Å². The smallest absolute Gasteiger partial charge is 0.322 e. The van der Waals surface area contributed by atoms with Crippen molar-refractivity contribution in [1.82, 2.24) is 9.88 Å². The minimum atomic E-state index is -0.344. The molecule has 0 fully saturated rings. The van der Waals surface area contributed by atoms with E-state index in [0.29, 0.717) is 27.8 Å². The first-order valence-corrected chi connectivity index (χ1v) is 11.1. The summed E-state index contributed by atoms with van der Waals surface area (Å²) >= 11 is 5.96. The Morgan fingerprint density at radius 1 is 1.00 bits per heavy atom. The summed E-state index contributed by atoms with van der Waals surface area (Å²) < 4.78 is 10.9. The zero-order chi connectivity index (χ0) is 23.7. The number of hydrogen-bond donors (Lipinski definition) is 2. The minimum absolute atomic E-state index is 0.118. The molecule has 2 N–H and O–H groups in total. The van der Waals surface area contributed by atoms with E-state index < -0.39 is 0 Å². The summed E-state index contributed by atoms with van der Waals surface area (Å²) in [5.41, 5.74) is 3.56. The number of urea groups is 1. The fourth-order valence-electron chi connectivity index (χ4n) is 3.89. The van der Waals surface area contributed by atoms with Crippen molar-refractivity contribution in [1.29, 1.82) is 0 Å². The maximum atomic E-state index is 13.3. The van der Waals surface area contributed by atoms with Crippen LogP contribution in [0.5, 0.6) is 11.5 Å². The molecule has 0 saturated heterocycles. The van der Waals surface area contributed by atoms with Crippen LogP contribution in [0.25, 0.3) is 10.9 Å². The van der Waals surface area contributed by atoms with Gasteiger partial charge in [-0.1, -0.05) is 29.3 Å². The molecule has 172 valence electrons. The lowest BCUT2D eigenvalue weighted by atomic mass is 10.1.